The molecular weight excluding hydrogens is 360 g/mol. The van der Waals surface area contributed by atoms with E-state index >= 15 is 0 Å². The van der Waals surface area contributed by atoms with E-state index in [2.05, 4.69) is 10.3 Å². The minimum absolute atomic E-state index is 0.146. The number of hydrogen-bond donors (Lipinski definition) is 1. The highest BCUT2D eigenvalue weighted by atomic mass is 16.6. The average Bonchev–Trinajstić information content (AvgIpc) is 2.74. The van der Waals surface area contributed by atoms with Crippen LogP contribution in [0.4, 0.5) is 16.2 Å². The molecule has 1 aliphatic rings. The summed E-state index contributed by atoms with van der Waals surface area (Å²) in [4.78, 5) is 32.0. The monoisotopic (exact) mass is 384 g/mol. The number of nitrogens with zero attached hydrogens (tertiary/aromatic N) is 3. The number of amides is 2. The second kappa shape index (κ2) is 9.07. The summed E-state index contributed by atoms with van der Waals surface area (Å²) < 4.78 is 10.3. The topological polar surface area (TPSA) is 84.0 Å². The van der Waals surface area contributed by atoms with Gasteiger partial charge in [-0.05, 0) is 31.2 Å². The molecule has 0 radical (unpaired) electrons. The number of benzene rings is 1. The molecule has 8 heteroatoms. The molecule has 0 unspecified atom stereocenters. The predicted octanol–water partition coefficient (Wildman–Crippen LogP) is 2.75. The van der Waals surface area contributed by atoms with Crippen molar-refractivity contribution in [1.29, 1.82) is 0 Å². The molecule has 8 nitrogen and oxygen atoms in total. The number of carbonyl (C=O) groups excluding carboxylic acids is 2. The first kappa shape index (κ1) is 19.5. The van der Waals surface area contributed by atoms with Gasteiger partial charge in [0.2, 0.25) is 0 Å². The van der Waals surface area contributed by atoms with Gasteiger partial charge in [-0.25, -0.2) is 9.78 Å². The lowest BCUT2D eigenvalue weighted by atomic mass is 10.2. The lowest BCUT2D eigenvalue weighted by molar-refractivity contribution is 0.0566. The van der Waals surface area contributed by atoms with Gasteiger partial charge in [0.1, 0.15) is 11.4 Å². The highest BCUT2D eigenvalue weighted by molar-refractivity contribution is 5.92. The Hall–Kier alpha value is -3.29. The fourth-order valence-electron chi connectivity index (χ4n) is 2.97. The van der Waals surface area contributed by atoms with Crippen LogP contribution >= 0.6 is 0 Å². The van der Waals surface area contributed by atoms with Gasteiger partial charge in [0.25, 0.3) is 5.91 Å². The van der Waals surface area contributed by atoms with Gasteiger partial charge in [-0.1, -0.05) is 12.1 Å². The zero-order chi connectivity index (χ0) is 19.9. The van der Waals surface area contributed by atoms with Crippen molar-refractivity contribution in [2.45, 2.75) is 6.92 Å². The van der Waals surface area contributed by atoms with Gasteiger partial charge < -0.3 is 24.6 Å². The van der Waals surface area contributed by atoms with Crippen LogP contribution < -0.4 is 10.1 Å². The SMILES string of the molecule is CCOC(=O)N1CCN(C(=O)c2ccc(Nc3ccccc3OC)cn2)CC1. The third kappa shape index (κ3) is 4.51. The molecule has 2 aromatic rings. The number of piperazine rings is 1. The van der Waals surface area contributed by atoms with Crippen molar-refractivity contribution in [1.82, 2.24) is 14.8 Å². The fourth-order valence-corrected chi connectivity index (χ4v) is 2.97. The molecule has 0 atom stereocenters. The number of para-hydroxylation sites is 2. The summed E-state index contributed by atoms with van der Waals surface area (Å²) in [6, 6.07) is 11.1. The van der Waals surface area contributed by atoms with E-state index in [1.165, 1.54) is 0 Å². The number of anilines is 2. The molecule has 28 heavy (non-hydrogen) atoms. The van der Waals surface area contributed by atoms with Crippen LogP contribution in [-0.2, 0) is 4.74 Å². The van der Waals surface area contributed by atoms with Crippen molar-refractivity contribution in [2.24, 2.45) is 0 Å². The third-order valence-electron chi connectivity index (χ3n) is 4.46. The zero-order valence-electron chi connectivity index (χ0n) is 16.1. The first-order valence-electron chi connectivity index (χ1n) is 9.19. The normalized spacial score (nSPS) is 13.8. The minimum atomic E-state index is -0.334. The van der Waals surface area contributed by atoms with Crippen LogP contribution in [0, 0.1) is 0 Å². The van der Waals surface area contributed by atoms with Gasteiger partial charge in [0, 0.05) is 26.2 Å². The summed E-state index contributed by atoms with van der Waals surface area (Å²) in [5.74, 6) is 0.578. The maximum absolute atomic E-state index is 12.7. The van der Waals surface area contributed by atoms with E-state index in [1.54, 1.807) is 36.1 Å². The maximum atomic E-state index is 12.7. The Morgan fingerprint density at radius 2 is 1.79 bits per heavy atom. The summed E-state index contributed by atoms with van der Waals surface area (Å²) in [7, 11) is 1.61. The van der Waals surface area contributed by atoms with E-state index < -0.39 is 0 Å². The standard InChI is InChI=1S/C20H24N4O4/c1-3-28-20(26)24-12-10-23(11-13-24)19(25)17-9-8-15(14-21-17)22-16-6-4-5-7-18(16)27-2/h4-9,14,22H,3,10-13H2,1-2H3. The first-order chi connectivity index (χ1) is 13.6. The smallest absolute Gasteiger partial charge is 0.409 e. The fraction of sp³-hybridized carbons (Fsp3) is 0.350. The predicted molar refractivity (Wildman–Crippen MR) is 105 cm³/mol. The van der Waals surface area contributed by atoms with Gasteiger partial charge >= 0.3 is 6.09 Å². The van der Waals surface area contributed by atoms with E-state index in [-0.39, 0.29) is 12.0 Å². The Bertz CT molecular complexity index is 817. The molecule has 2 amide bonds. The number of hydrogen-bond acceptors (Lipinski definition) is 6. The molecule has 1 fully saturated rings. The van der Waals surface area contributed by atoms with Crippen molar-refractivity contribution in [3.8, 4) is 5.75 Å². The first-order valence-corrected chi connectivity index (χ1v) is 9.19. The molecule has 0 bridgehead atoms. The second-order valence-electron chi connectivity index (χ2n) is 6.24. The molecule has 0 spiro atoms. The molecule has 0 aliphatic carbocycles. The van der Waals surface area contributed by atoms with E-state index in [1.807, 2.05) is 30.3 Å². The highest BCUT2D eigenvalue weighted by Crippen LogP contribution is 2.26. The van der Waals surface area contributed by atoms with Crippen molar-refractivity contribution in [2.75, 3.05) is 45.2 Å². The van der Waals surface area contributed by atoms with Crippen molar-refractivity contribution in [3.63, 3.8) is 0 Å². The molecule has 1 aromatic heterocycles. The molecule has 1 aliphatic heterocycles. The summed E-state index contributed by atoms with van der Waals surface area (Å²) in [6.07, 6.45) is 1.29. The Morgan fingerprint density at radius 1 is 1.07 bits per heavy atom. The van der Waals surface area contributed by atoms with E-state index in [0.717, 1.165) is 17.1 Å². The molecule has 1 saturated heterocycles. The molecule has 2 heterocycles. The van der Waals surface area contributed by atoms with Gasteiger partial charge in [-0.2, -0.15) is 0 Å². The number of carbonyl (C=O) groups is 2. The van der Waals surface area contributed by atoms with Gasteiger partial charge in [-0.15, -0.1) is 0 Å². The Kier molecular flexibility index (Phi) is 6.31. The van der Waals surface area contributed by atoms with Crippen LogP contribution in [0.3, 0.4) is 0 Å². The number of nitrogens with one attached hydrogen (secondary N) is 1. The van der Waals surface area contributed by atoms with Gasteiger partial charge in [0.05, 0.1) is 31.3 Å². The Morgan fingerprint density at radius 3 is 2.43 bits per heavy atom. The molecule has 3 rings (SSSR count). The van der Waals surface area contributed by atoms with Crippen LogP contribution in [0.2, 0.25) is 0 Å². The quantitative estimate of drug-likeness (QED) is 0.853. The second-order valence-corrected chi connectivity index (χ2v) is 6.24. The number of aromatic nitrogens is 1. The Labute approximate surface area is 164 Å². The maximum Gasteiger partial charge on any atom is 0.409 e. The van der Waals surface area contributed by atoms with Crippen molar-refractivity contribution < 1.29 is 19.1 Å². The van der Waals surface area contributed by atoms with E-state index in [4.69, 9.17) is 9.47 Å². The lowest BCUT2D eigenvalue weighted by Crippen LogP contribution is -2.50. The van der Waals surface area contributed by atoms with Crippen LogP contribution in [-0.4, -0.2) is 66.7 Å². The van der Waals surface area contributed by atoms with E-state index in [9.17, 15) is 9.59 Å². The summed E-state index contributed by atoms with van der Waals surface area (Å²) in [6.45, 7) is 3.95. The van der Waals surface area contributed by atoms with Crippen LogP contribution in [0.5, 0.6) is 5.75 Å². The third-order valence-corrected chi connectivity index (χ3v) is 4.46. The molecule has 148 valence electrons. The molecule has 0 saturated carbocycles. The Balaban J connectivity index is 1.59. The molecule has 1 aromatic carbocycles. The van der Waals surface area contributed by atoms with E-state index in [0.29, 0.717) is 38.5 Å². The number of pyridine rings is 1. The number of ether oxygens (including phenoxy) is 2. The lowest BCUT2D eigenvalue weighted by Gasteiger charge is -2.33. The summed E-state index contributed by atoms with van der Waals surface area (Å²) in [5.41, 5.74) is 1.95. The average molecular weight is 384 g/mol. The number of rotatable bonds is 5. The number of methoxy groups -OCH3 is 1. The molecule has 1 N–H and O–H groups in total. The van der Waals surface area contributed by atoms with Crippen LogP contribution in [0.1, 0.15) is 17.4 Å². The van der Waals surface area contributed by atoms with Crippen LogP contribution in [0.15, 0.2) is 42.6 Å². The van der Waals surface area contributed by atoms with Crippen molar-refractivity contribution in [3.05, 3.63) is 48.3 Å². The summed E-state index contributed by atoms with van der Waals surface area (Å²) >= 11 is 0. The van der Waals surface area contributed by atoms with Crippen molar-refractivity contribution >= 4 is 23.4 Å². The zero-order valence-corrected chi connectivity index (χ0v) is 16.1. The minimum Gasteiger partial charge on any atom is -0.495 e. The summed E-state index contributed by atoms with van der Waals surface area (Å²) in [5, 5.41) is 3.23. The van der Waals surface area contributed by atoms with Crippen LogP contribution in [0.25, 0.3) is 0 Å². The largest absolute Gasteiger partial charge is 0.495 e. The highest BCUT2D eigenvalue weighted by Gasteiger charge is 2.26. The van der Waals surface area contributed by atoms with Gasteiger partial charge in [-0.3, -0.25) is 4.79 Å². The molecular formula is C20H24N4O4. The van der Waals surface area contributed by atoms with Gasteiger partial charge in [0.15, 0.2) is 0 Å².